The lowest BCUT2D eigenvalue weighted by molar-refractivity contribution is 0.122. The van der Waals surface area contributed by atoms with Crippen molar-refractivity contribution >= 4 is 33.2 Å². The number of H-pyrrole nitrogens is 1. The van der Waals surface area contributed by atoms with E-state index in [1.165, 1.54) is 0 Å². The summed E-state index contributed by atoms with van der Waals surface area (Å²) in [6, 6.07) is 8.10. The Morgan fingerprint density at radius 3 is 2.86 bits per heavy atom. The van der Waals surface area contributed by atoms with Crippen LogP contribution < -0.4 is 10.6 Å². The van der Waals surface area contributed by atoms with E-state index < -0.39 is 0 Å². The molecule has 3 N–H and O–H groups in total. The number of ether oxygens (including phenoxy) is 1. The van der Waals surface area contributed by atoms with Crippen molar-refractivity contribution in [2.24, 2.45) is 0 Å². The van der Waals surface area contributed by atoms with E-state index in [1.54, 1.807) is 11.3 Å². The molecule has 0 bridgehead atoms. The second kappa shape index (κ2) is 5.01. The van der Waals surface area contributed by atoms with Gasteiger partial charge in [0.2, 0.25) is 0 Å². The summed E-state index contributed by atoms with van der Waals surface area (Å²) in [5.74, 6) is 1.44. The molecule has 2 aromatic heterocycles. The standard InChI is InChI=1S/C14H15N5OS/c15-12-11(13(18-17-12)19-5-7-20-8-6-19)14-16-9-3-1-2-4-10(9)21-14/h1-4H,5-8H2,(H3,15,17,18). The summed E-state index contributed by atoms with van der Waals surface area (Å²) >= 11 is 1.64. The summed E-state index contributed by atoms with van der Waals surface area (Å²) in [6.07, 6.45) is 0. The number of nitrogen functional groups attached to an aromatic ring is 1. The van der Waals surface area contributed by atoms with Gasteiger partial charge in [-0.1, -0.05) is 12.1 Å². The highest BCUT2D eigenvalue weighted by atomic mass is 32.1. The predicted molar refractivity (Wildman–Crippen MR) is 84.6 cm³/mol. The monoisotopic (exact) mass is 301 g/mol. The highest BCUT2D eigenvalue weighted by Crippen LogP contribution is 2.38. The first kappa shape index (κ1) is 12.6. The smallest absolute Gasteiger partial charge is 0.163 e. The molecule has 21 heavy (non-hydrogen) atoms. The molecule has 0 unspecified atom stereocenters. The molecule has 0 amide bonds. The van der Waals surface area contributed by atoms with Gasteiger partial charge in [0.25, 0.3) is 0 Å². The number of nitrogens with one attached hydrogen (secondary N) is 1. The average molecular weight is 301 g/mol. The van der Waals surface area contributed by atoms with Crippen LogP contribution in [0.5, 0.6) is 0 Å². The van der Waals surface area contributed by atoms with E-state index in [2.05, 4.69) is 21.2 Å². The molecule has 4 rings (SSSR count). The van der Waals surface area contributed by atoms with Gasteiger partial charge in [-0.15, -0.1) is 11.3 Å². The summed E-state index contributed by atoms with van der Waals surface area (Å²) in [4.78, 5) is 6.88. The lowest BCUT2D eigenvalue weighted by Crippen LogP contribution is -2.36. The number of morpholine rings is 1. The Kier molecular flexibility index (Phi) is 3.01. The number of anilines is 2. The molecule has 3 heterocycles. The Hall–Kier alpha value is -2.12. The lowest BCUT2D eigenvalue weighted by atomic mass is 10.2. The number of benzene rings is 1. The van der Waals surface area contributed by atoms with Gasteiger partial charge in [-0.25, -0.2) is 4.98 Å². The fourth-order valence-electron chi connectivity index (χ4n) is 2.54. The molecule has 0 saturated carbocycles. The quantitative estimate of drug-likeness (QED) is 0.757. The van der Waals surface area contributed by atoms with Crippen LogP contribution in [0.2, 0.25) is 0 Å². The second-order valence-corrected chi connectivity index (χ2v) is 5.95. The lowest BCUT2D eigenvalue weighted by Gasteiger charge is -2.27. The fourth-order valence-corrected chi connectivity index (χ4v) is 3.56. The highest BCUT2D eigenvalue weighted by molar-refractivity contribution is 7.21. The van der Waals surface area contributed by atoms with E-state index in [9.17, 15) is 0 Å². The second-order valence-electron chi connectivity index (χ2n) is 4.92. The van der Waals surface area contributed by atoms with Gasteiger partial charge in [0.05, 0.1) is 29.0 Å². The Bertz CT molecular complexity index is 742. The van der Waals surface area contributed by atoms with Crippen molar-refractivity contribution in [3.8, 4) is 10.6 Å². The summed E-state index contributed by atoms with van der Waals surface area (Å²) in [7, 11) is 0. The van der Waals surface area contributed by atoms with Crippen molar-refractivity contribution in [1.82, 2.24) is 15.2 Å². The highest BCUT2D eigenvalue weighted by Gasteiger charge is 2.23. The van der Waals surface area contributed by atoms with E-state index >= 15 is 0 Å². The van der Waals surface area contributed by atoms with Gasteiger partial charge in [0.15, 0.2) is 5.82 Å². The van der Waals surface area contributed by atoms with Crippen LogP contribution in [0.25, 0.3) is 20.8 Å². The molecule has 0 aliphatic carbocycles. The molecular formula is C14H15N5OS. The molecule has 1 aliphatic heterocycles. The molecule has 3 aromatic rings. The van der Waals surface area contributed by atoms with Gasteiger partial charge >= 0.3 is 0 Å². The zero-order valence-electron chi connectivity index (χ0n) is 11.4. The van der Waals surface area contributed by atoms with Crippen LogP contribution in [0.4, 0.5) is 11.6 Å². The summed E-state index contributed by atoms with van der Waals surface area (Å²) in [5, 5.41) is 8.17. The van der Waals surface area contributed by atoms with Crippen LogP contribution in [0, 0.1) is 0 Å². The Morgan fingerprint density at radius 1 is 1.24 bits per heavy atom. The van der Waals surface area contributed by atoms with Crippen LogP contribution in [-0.2, 0) is 4.74 Å². The minimum Gasteiger partial charge on any atom is -0.383 e. The minimum absolute atomic E-state index is 0.565. The van der Waals surface area contributed by atoms with E-state index in [-0.39, 0.29) is 0 Å². The van der Waals surface area contributed by atoms with Crippen LogP contribution in [0.15, 0.2) is 24.3 Å². The van der Waals surface area contributed by atoms with Gasteiger partial charge in [-0.3, -0.25) is 5.10 Å². The summed E-state index contributed by atoms with van der Waals surface area (Å²) < 4.78 is 6.55. The number of aromatic amines is 1. The third-order valence-electron chi connectivity index (χ3n) is 3.59. The average Bonchev–Trinajstić information content (AvgIpc) is 3.11. The van der Waals surface area contributed by atoms with Crippen molar-refractivity contribution in [1.29, 1.82) is 0 Å². The number of hydrogen-bond donors (Lipinski definition) is 2. The number of hydrogen-bond acceptors (Lipinski definition) is 6. The fraction of sp³-hybridized carbons (Fsp3) is 0.286. The summed E-state index contributed by atoms with van der Waals surface area (Å²) in [6.45, 7) is 3.07. The van der Waals surface area contributed by atoms with Gasteiger partial charge in [0.1, 0.15) is 10.8 Å². The van der Waals surface area contributed by atoms with Crippen molar-refractivity contribution in [3.05, 3.63) is 24.3 Å². The molecule has 7 heteroatoms. The normalized spacial score (nSPS) is 15.7. The number of rotatable bonds is 2. The maximum absolute atomic E-state index is 6.09. The first-order valence-electron chi connectivity index (χ1n) is 6.85. The molecule has 108 valence electrons. The van der Waals surface area contributed by atoms with Crippen molar-refractivity contribution in [2.45, 2.75) is 0 Å². The SMILES string of the molecule is Nc1[nH]nc(N2CCOCC2)c1-c1nc2ccccc2s1. The number of nitrogens with two attached hydrogens (primary N) is 1. The molecule has 6 nitrogen and oxygen atoms in total. The first-order chi connectivity index (χ1) is 10.3. The van der Waals surface area contributed by atoms with Crippen molar-refractivity contribution in [2.75, 3.05) is 36.9 Å². The van der Waals surface area contributed by atoms with E-state index in [0.29, 0.717) is 19.0 Å². The summed E-state index contributed by atoms with van der Waals surface area (Å²) in [5.41, 5.74) is 7.99. The topological polar surface area (TPSA) is 80.1 Å². The molecule has 0 atom stereocenters. The Morgan fingerprint density at radius 2 is 2.05 bits per heavy atom. The van der Waals surface area contributed by atoms with Crippen molar-refractivity contribution < 1.29 is 4.74 Å². The van der Waals surface area contributed by atoms with Gasteiger partial charge < -0.3 is 15.4 Å². The van der Waals surface area contributed by atoms with E-state index in [4.69, 9.17) is 15.5 Å². The maximum atomic E-state index is 6.09. The third-order valence-corrected chi connectivity index (χ3v) is 4.65. The molecule has 1 saturated heterocycles. The first-order valence-corrected chi connectivity index (χ1v) is 7.67. The van der Waals surface area contributed by atoms with Crippen molar-refractivity contribution in [3.63, 3.8) is 0 Å². The van der Waals surface area contributed by atoms with Crippen LogP contribution >= 0.6 is 11.3 Å². The van der Waals surface area contributed by atoms with Gasteiger partial charge in [0, 0.05) is 13.1 Å². The number of aromatic nitrogens is 3. The zero-order chi connectivity index (χ0) is 14.2. The number of thiazole rings is 1. The van der Waals surface area contributed by atoms with Gasteiger partial charge in [-0.05, 0) is 12.1 Å². The molecule has 0 spiro atoms. The Balaban J connectivity index is 1.81. The molecular weight excluding hydrogens is 286 g/mol. The predicted octanol–water partition coefficient (Wildman–Crippen LogP) is 2.11. The maximum Gasteiger partial charge on any atom is 0.163 e. The molecule has 1 aliphatic rings. The third kappa shape index (κ3) is 2.14. The largest absolute Gasteiger partial charge is 0.383 e. The zero-order valence-corrected chi connectivity index (χ0v) is 12.2. The van der Waals surface area contributed by atoms with Gasteiger partial charge in [-0.2, -0.15) is 5.10 Å². The van der Waals surface area contributed by atoms with Crippen LogP contribution in [0.3, 0.4) is 0 Å². The number of fused-ring (bicyclic) bond motifs is 1. The van der Waals surface area contributed by atoms with E-state index in [0.717, 1.165) is 39.7 Å². The number of para-hydroxylation sites is 1. The Labute approximate surface area is 125 Å². The molecule has 1 fully saturated rings. The molecule has 1 aromatic carbocycles. The minimum atomic E-state index is 0.565. The van der Waals surface area contributed by atoms with Crippen LogP contribution in [-0.4, -0.2) is 41.5 Å². The molecule has 0 radical (unpaired) electrons. The van der Waals surface area contributed by atoms with E-state index in [1.807, 2.05) is 18.2 Å². The van der Waals surface area contributed by atoms with Crippen LogP contribution in [0.1, 0.15) is 0 Å². The number of nitrogens with zero attached hydrogens (tertiary/aromatic N) is 3.